The van der Waals surface area contributed by atoms with Crippen molar-refractivity contribution in [1.82, 2.24) is 0 Å². The first kappa shape index (κ1) is 18.3. The van der Waals surface area contributed by atoms with Gasteiger partial charge in [-0.05, 0) is 30.6 Å². The fraction of sp³-hybridized carbons (Fsp3) is 1.00. The van der Waals surface area contributed by atoms with Gasteiger partial charge in [0, 0.05) is 6.61 Å². The summed E-state index contributed by atoms with van der Waals surface area (Å²) in [5, 5.41) is 7.88. The molecule has 0 aliphatic heterocycles. The van der Waals surface area contributed by atoms with Gasteiger partial charge in [0.15, 0.2) is 0 Å². The molecule has 0 amide bonds. The fourth-order valence-electron chi connectivity index (χ4n) is 2.08. The summed E-state index contributed by atoms with van der Waals surface area (Å²) in [5.74, 6) is 0.980. The van der Waals surface area contributed by atoms with Crippen molar-refractivity contribution in [3.8, 4) is 0 Å². The third-order valence-electron chi connectivity index (χ3n) is 2.68. The van der Waals surface area contributed by atoms with E-state index in [-0.39, 0.29) is 0 Å². The summed E-state index contributed by atoms with van der Waals surface area (Å²) < 4.78 is 0. The number of aliphatic hydroxyl groups excluding tert-OH is 1. The molecule has 1 N–H and O–H groups in total. The summed E-state index contributed by atoms with van der Waals surface area (Å²) in [6.45, 7) is 13.7. The molecule has 0 aromatic carbocycles. The van der Waals surface area contributed by atoms with Crippen molar-refractivity contribution in [2.24, 2.45) is 11.3 Å². The molecule has 1 heteroatoms. The number of rotatable bonds is 1. The SMILES string of the molecule is CC1CCCC(C)(C)C1.CCC.CCCO. The Morgan fingerprint density at radius 1 is 1.19 bits per heavy atom. The molecular weight excluding hydrogens is 196 g/mol. The van der Waals surface area contributed by atoms with Crippen molar-refractivity contribution in [2.45, 2.75) is 80.1 Å². The van der Waals surface area contributed by atoms with Crippen molar-refractivity contribution >= 4 is 0 Å². The third-order valence-corrected chi connectivity index (χ3v) is 2.68. The molecule has 1 saturated carbocycles. The van der Waals surface area contributed by atoms with Crippen LogP contribution in [0.4, 0.5) is 0 Å². The van der Waals surface area contributed by atoms with Crippen molar-refractivity contribution in [2.75, 3.05) is 6.61 Å². The molecule has 16 heavy (non-hydrogen) atoms. The lowest BCUT2D eigenvalue weighted by Crippen LogP contribution is -2.20. The lowest BCUT2D eigenvalue weighted by atomic mass is 9.73. The Hall–Kier alpha value is -0.0400. The quantitative estimate of drug-likeness (QED) is 0.670. The molecule has 0 saturated heterocycles. The van der Waals surface area contributed by atoms with Crippen LogP contribution in [0.3, 0.4) is 0 Å². The highest BCUT2D eigenvalue weighted by Crippen LogP contribution is 2.37. The van der Waals surface area contributed by atoms with Gasteiger partial charge in [0.2, 0.25) is 0 Å². The zero-order chi connectivity index (χ0) is 13.0. The van der Waals surface area contributed by atoms with Gasteiger partial charge in [-0.1, -0.05) is 60.8 Å². The van der Waals surface area contributed by atoms with E-state index in [1.54, 1.807) is 0 Å². The standard InChI is InChI=1S/C9H18.C3H8O.C3H8/c1-8-5-4-6-9(2,3)7-8;1-2-3-4;1-3-2/h8H,4-7H2,1-3H3;4H,2-3H2,1H3;3H2,1-2H3. The van der Waals surface area contributed by atoms with E-state index in [4.69, 9.17) is 5.11 Å². The lowest BCUT2D eigenvalue weighted by Gasteiger charge is -2.33. The van der Waals surface area contributed by atoms with E-state index in [1.165, 1.54) is 32.1 Å². The molecule has 0 spiro atoms. The van der Waals surface area contributed by atoms with Gasteiger partial charge in [-0.15, -0.1) is 0 Å². The lowest BCUT2D eigenvalue weighted by molar-refractivity contribution is 0.191. The van der Waals surface area contributed by atoms with Gasteiger partial charge in [-0.3, -0.25) is 0 Å². The maximum atomic E-state index is 7.88. The van der Waals surface area contributed by atoms with Gasteiger partial charge >= 0.3 is 0 Å². The predicted molar refractivity (Wildman–Crippen MR) is 74.8 cm³/mol. The Labute approximate surface area is 104 Å². The fourth-order valence-corrected chi connectivity index (χ4v) is 2.08. The zero-order valence-corrected chi connectivity index (χ0v) is 12.5. The number of hydrogen-bond acceptors (Lipinski definition) is 1. The second kappa shape index (κ2) is 11.4. The van der Waals surface area contributed by atoms with Gasteiger partial charge in [-0.2, -0.15) is 0 Å². The van der Waals surface area contributed by atoms with Crippen LogP contribution in [0.2, 0.25) is 0 Å². The summed E-state index contributed by atoms with van der Waals surface area (Å²) in [7, 11) is 0. The number of hydrogen-bond donors (Lipinski definition) is 1. The van der Waals surface area contributed by atoms with E-state index in [2.05, 4.69) is 34.6 Å². The molecular formula is C15H34O. The van der Waals surface area contributed by atoms with E-state index in [0.29, 0.717) is 12.0 Å². The summed E-state index contributed by atoms with van der Waals surface area (Å²) in [6.07, 6.45) is 7.92. The van der Waals surface area contributed by atoms with Crippen LogP contribution >= 0.6 is 0 Å². The second-order valence-corrected chi connectivity index (χ2v) is 5.80. The summed E-state index contributed by atoms with van der Waals surface area (Å²) in [4.78, 5) is 0. The summed E-state index contributed by atoms with van der Waals surface area (Å²) >= 11 is 0. The van der Waals surface area contributed by atoms with Gasteiger partial charge < -0.3 is 5.11 Å². The monoisotopic (exact) mass is 230 g/mol. The molecule has 100 valence electrons. The van der Waals surface area contributed by atoms with Crippen LogP contribution in [0.1, 0.15) is 80.1 Å². The van der Waals surface area contributed by atoms with Crippen molar-refractivity contribution in [3.05, 3.63) is 0 Å². The Morgan fingerprint density at radius 3 is 1.81 bits per heavy atom. The minimum absolute atomic E-state index is 0.319. The average Bonchev–Trinajstić information content (AvgIpc) is 2.17. The maximum absolute atomic E-state index is 7.88. The molecule has 0 heterocycles. The van der Waals surface area contributed by atoms with E-state index in [0.717, 1.165) is 12.3 Å². The maximum Gasteiger partial charge on any atom is 0.0428 e. The average molecular weight is 230 g/mol. The van der Waals surface area contributed by atoms with Crippen LogP contribution in [-0.4, -0.2) is 11.7 Å². The molecule has 1 fully saturated rings. The molecule has 0 aromatic heterocycles. The highest BCUT2D eigenvalue weighted by molar-refractivity contribution is 4.76. The second-order valence-electron chi connectivity index (χ2n) is 5.80. The molecule has 1 aliphatic rings. The molecule has 0 aromatic rings. The van der Waals surface area contributed by atoms with Crippen LogP contribution < -0.4 is 0 Å². The smallest absolute Gasteiger partial charge is 0.0428 e. The number of aliphatic hydroxyl groups is 1. The van der Waals surface area contributed by atoms with Crippen molar-refractivity contribution in [3.63, 3.8) is 0 Å². The van der Waals surface area contributed by atoms with Crippen LogP contribution in [0.5, 0.6) is 0 Å². The third kappa shape index (κ3) is 14.0. The van der Waals surface area contributed by atoms with Crippen LogP contribution in [-0.2, 0) is 0 Å². The van der Waals surface area contributed by atoms with Gasteiger partial charge in [0.1, 0.15) is 0 Å². The first-order chi connectivity index (χ1) is 7.43. The van der Waals surface area contributed by atoms with E-state index < -0.39 is 0 Å². The summed E-state index contributed by atoms with van der Waals surface area (Å²) in [5.41, 5.74) is 0.650. The molecule has 1 unspecified atom stereocenters. The Balaban J connectivity index is 0. The minimum Gasteiger partial charge on any atom is -0.396 e. The van der Waals surface area contributed by atoms with Gasteiger partial charge in [0.25, 0.3) is 0 Å². The van der Waals surface area contributed by atoms with Crippen LogP contribution in [0.25, 0.3) is 0 Å². The highest BCUT2D eigenvalue weighted by Gasteiger charge is 2.24. The Bertz CT molecular complexity index is 127. The van der Waals surface area contributed by atoms with E-state index in [9.17, 15) is 0 Å². The first-order valence-corrected chi connectivity index (χ1v) is 7.04. The minimum atomic E-state index is 0.319. The highest BCUT2D eigenvalue weighted by atomic mass is 16.2. The first-order valence-electron chi connectivity index (χ1n) is 7.04. The summed E-state index contributed by atoms with van der Waals surface area (Å²) in [6, 6.07) is 0. The molecule has 0 radical (unpaired) electrons. The van der Waals surface area contributed by atoms with Gasteiger partial charge in [0.05, 0.1) is 0 Å². The molecule has 0 bridgehead atoms. The normalized spacial score (nSPS) is 22.3. The van der Waals surface area contributed by atoms with E-state index >= 15 is 0 Å². The molecule has 1 rings (SSSR count). The van der Waals surface area contributed by atoms with Crippen LogP contribution in [0, 0.1) is 11.3 Å². The molecule has 1 atom stereocenters. The molecule has 1 nitrogen and oxygen atoms in total. The van der Waals surface area contributed by atoms with E-state index in [1.807, 2.05) is 6.92 Å². The van der Waals surface area contributed by atoms with Crippen LogP contribution in [0.15, 0.2) is 0 Å². The zero-order valence-electron chi connectivity index (χ0n) is 12.5. The molecule has 1 aliphatic carbocycles. The van der Waals surface area contributed by atoms with Crippen molar-refractivity contribution < 1.29 is 5.11 Å². The Morgan fingerprint density at radius 2 is 1.62 bits per heavy atom. The van der Waals surface area contributed by atoms with Gasteiger partial charge in [-0.25, -0.2) is 0 Å². The largest absolute Gasteiger partial charge is 0.396 e. The van der Waals surface area contributed by atoms with Crippen molar-refractivity contribution in [1.29, 1.82) is 0 Å². The predicted octanol–water partition coefficient (Wildman–Crippen LogP) is 5.03. The topological polar surface area (TPSA) is 20.2 Å². The Kier molecular flexibility index (Phi) is 13.1.